The van der Waals surface area contributed by atoms with E-state index in [4.69, 9.17) is 13.6 Å². The van der Waals surface area contributed by atoms with Crippen LogP contribution in [0.4, 0.5) is 5.69 Å². The zero-order chi connectivity index (χ0) is 18.6. The molecule has 4 aromatic rings. The van der Waals surface area contributed by atoms with Crippen LogP contribution in [0.1, 0.15) is 10.6 Å². The minimum atomic E-state index is -0.380. The van der Waals surface area contributed by atoms with E-state index in [9.17, 15) is 4.79 Å². The van der Waals surface area contributed by atoms with Gasteiger partial charge in [0.1, 0.15) is 5.75 Å². The van der Waals surface area contributed by atoms with Crippen molar-refractivity contribution in [1.29, 1.82) is 0 Å². The average Bonchev–Trinajstić information content (AvgIpc) is 3.41. The maximum Gasteiger partial charge on any atom is 0.291 e. The number of anilines is 1. The van der Waals surface area contributed by atoms with E-state index in [2.05, 4.69) is 15.5 Å². The third kappa shape index (κ3) is 3.43. The molecular weight excluding hydrogens is 346 g/mol. The summed E-state index contributed by atoms with van der Waals surface area (Å²) in [6.45, 7) is 0. The Balaban J connectivity index is 1.71. The second-order valence-electron chi connectivity index (χ2n) is 5.62. The summed E-state index contributed by atoms with van der Waals surface area (Å²) in [5.41, 5.74) is 1.85. The number of nitrogens with one attached hydrogen (secondary N) is 1. The molecule has 7 heteroatoms. The topological polar surface area (TPSA) is 90.4 Å². The molecule has 0 radical (unpaired) electrons. The first kappa shape index (κ1) is 16.6. The van der Waals surface area contributed by atoms with Crippen molar-refractivity contribution in [2.75, 3.05) is 12.4 Å². The van der Waals surface area contributed by atoms with Crippen LogP contribution in [0.5, 0.6) is 5.75 Å². The molecule has 27 heavy (non-hydrogen) atoms. The Kier molecular flexibility index (Phi) is 4.40. The molecule has 1 amide bonds. The second kappa shape index (κ2) is 7.17. The third-order valence-electron chi connectivity index (χ3n) is 3.90. The highest BCUT2D eigenvalue weighted by Crippen LogP contribution is 2.33. The molecule has 0 aliphatic heterocycles. The number of hydrogen-bond donors (Lipinski definition) is 1. The first-order valence-corrected chi connectivity index (χ1v) is 8.17. The minimum absolute atomic E-state index is 0.201. The summed E-state index contributed by atoms with van der Waals surface area (Å²) >= 11 is 0. The molecule has 0 aliphatic rings. The van der Waals surface area contributed by atoms with Crippen LogP contribution in [-0.4, -0.2) is 23.2 Å². The molecule has 0 aliphatic carbocycles. The van der Waals surface area contributed by atoms with Crippen molar-refractivity contribution in [3.8, 4) is 28.7 Å². The summed E-state index contributed by atoms with van der Waals surface area (Å²) in [5.74, 6) is 1.07. The van der Waals surface area contributed by atoms with Gasteiger partial charge in [0.25, 0.3) is 5.91 Å². The molecule has 2 aromatic carbocycles. The lowest BCUT2D eigenvalue weighted by Crippen LogP contribution is -2.11. The minimum Gasteiger partial charge on any atom is -0.497 e. The van der Waals surface area contributed by atoms with Crippen LogP contribution in [-0.2, 0) is 0 Å². The van der Waals surface area contributed by atoms with E-state index in [1.807, 2.05) is 30.3 Å². The second-order valence-corrected chi connectivity index (χ2v) is 5.62. The number of amides is 1. The van der Waals surface area contributed by atoms with Crippen molar-refractivity contribution in [1.82, 2.24) is 10.2 Å². The molecule has 7 nitrogen and oxygen atoms in total. The molecule has 2 heterocycles. The number of benzene rings is 2. The number of hydrogen-bond acceptors (Lipinski definition) is 6. The van der Waals surface area contributed by atoms with Crippen molar-refractivity contribution in [3.05, 3.63) is 72.7 Å². The molecule has 0 saturated carbocycles. The number of carbonyl (C=O) groups is 1. The van der Waals surface area contributed by atoms with E-state index in [0.717, 1.165) is 5.56 Å². The van der Waals surface area contributed by atoms with Gasteiger partial charge in [0.05, 0.1) is 24.6 Å². The fraction of sp³-hybridized carbons (Fsp3) is 0.0500. The lowest BCUT2D eigenvalue weighted by molar-refractivity contribution is 0.0996. The maximum atomic E-state index is 12.3. The SMILES string of the molecule is COc1ccc(NC(=O)c2ccco2)c(-c2nnc(-c3ccccc3)o2)c1. The van der Waals surface area contributed by atoms with Gasteiger partial charge in [-0.15, -0.1) is 10.2 Å². The number of rotatable bonds is 5. The monoisotopic (exact) mass is 361 g/mol. The molecule has 0 atom stereocenters. The number of ether oxygens (including phenoxy) is 1. The van der Waals surface area contributed by atoms with Gasteiger partial charge in [-0.2, -0.15) is 0 Å². The standard InChI is InChI=1S/C20H15N3O4/c1-25-14-9-10-16(21-18(24)17-8-5-11-26-17)15(12-14)20-23-22-19(27-20)13-6-3-2-4-7-13/h2-12H,1H3,(H,21,24). The Labute approximate surface area is 154 Å². The Hall–Kier alpha value is -3.87. The number of carbonyl (C=O) groups excluding carboxylic acids is 1. The molecule has 0 bridgehead atoms. The molecule has 0 fully saturated rings. The summed E-state index contributed by atoms with van der Waals surface area (Å²) in [4.78, 5) is 12.3. The quantitative estimate of drug-likeness (QED) is 0.571. The fourth-order valence-electron chi connectivity index (χ4n) is 2.56. The average molecular weight is 361 g/mol. The third-order valence-corrected chi connectivity index (χ3v) is 3.90. The molecule has 134 valence electrons. The summed E-state index contributed by atoms with van der Waals surface area (Å²) in [7, 11) is 1.56. The Morgan fingerprint density at radius 3 is 2.56 bits per heavy atom. The lowest BCUT2D eigenvalue weighted by atomic mass is 10.1. The van der Waals surface area contributed by atoms with Crippen LogP contribution < -0.4 is 10.1 Å². The van der Waals surface area contributed by atoms with E-state index < -0.39 is 0 Å². The molecule has 0 saturated heterocycles. The highest BCUT2D eigenvalue weighted by atomic mass is 16.5. The molecule has 0 spiro atoms. The summed E-state index contributed by atoms with van der Waals surface area (Å²) in [5, 5.41) is 11.0. The molecule has 0 unspecified atom stereocenters. The highest BCUT2D eigenvalue weighted by molar-refractivity contribution is 6.04. The maximum absolute atomic E-state index is 12.3. The van der Waals surface area contributed by atoms with Crippen LogP contribution in [0, 0.1) is 0 Å². The van der Waals surface area contributed by atoms with Crippen LogP contribution in [0.15, 0.2) is 75.8 Å². The zero-order valence-electron chi connectivity index (χ0n) is 14.4. The van der Waals surface area contributed by atoms with Crippen molar-refractivity contribution in [2.24, 2.45) is 0 Å². The van der Waals surface area contributed by atoms with Gasteiger partial charge in [0, 0.05) is 5.56 Å². The van der Waals surface area contributed by atoms with E-state index in [-0.39, 0.29) is 17.6 Å². The fourth-order valence-corrected chi connectivity index (χ4v) is 2.56. The lowest BCUT2D eigenvalue weighted by Gasteiger charge is -2.09. The van der Waals surface area contributed by atoms with Crippen molar-refractivity contribution in [3.63, 3.8) is 0 Å². The van der Waals surface area contributed by atoms with Crippen molar-refractivity contribution >= 4 is 11.6 Å². The molecule has 4 rings (SSSR count). The van der Waals surface area contributed by atoms with Crippen molar-refractivity contribution < 1.29 is 18.4 Å². The Morgan fingerprint density at radius 2 is 1.81 bits per heavy atom. The zero-order valence-corrected chi connectivity index (χ0v) is 14.4. The molecule has 2 aromatic heterocycles. The van der Waals surface area contributed by atoms with Gasteiger partial charge in [-0.1, -0.05) is 18.2 Å². The largest absolute Gasteiger partial charge is 0.497 e. The highest BCUT2D eigenvalue weighted by Gasteiger charge is 2.18. The van der Waals surface area contributed by atoms with Gasteiger partial charge < -0.3 is 18.9 Å². The van der Waals surface area contributed by atoms with E-state index >= 15 is 0 Å². The summed E-state index contributed by atoms with van der Waals surface area (Å²) < 4.78 is 16.2. The van der Waals surface area contributed by atoms with Gasteiger partial charge >= 0.3 is 0 Å². The molecular formula is C20H15N3O4. The number of methoxy groups -OCH3 is 1. The van der Waals surface area contributed by atoms with Crippen LogP contribution in [0.25, 0.3) is 22.9 Å². The summed E-state index contributed by atoms with van der Waals surface area (Å²) in [6, 6.07) is 17.8. The predicted molar refractivity (Wildman–Crippen MR) is 98.4 cm³/mol. The van der Waals surface area contributed by atoms with E-state index in [1.54, 1.807) is 37.4 Å². The Bertz CT molecular complexity index is 1060. The predicted octanol–water partition coefficient (Wildman–Crippen LogP) is 4.26. The van der Waals surface area contributed by atoms with Gasteiger partial charge in [0.2, 0.25) is 11.8 Å². The van der Waals surface area contributed by atoms with Gasteiger partial charge in [-0.3, -0.25) is 4.79 Å². The first-order valence-electron chi connectivity index (χ1n) is 8.17. The van der Waals surface area contributed by atoms with Gasteiger partial charge in [0.15, 0.2) is 5.76 Å². The van der Waals surface area contributed by atoms with Crippen LogP contribution in [0.2, 0.25) is 0 Å². The summed E-state index contributed by atoms with van der Waals surface area (Å²) in [6.07, 6.45) is 1.44. The Morgan fingerprint density at radius 1 is 1.00 bits per heavy atom. The van der Waals surface area contributed by atoms with Gasteiger partial charge in [-0.05, 0) is 42.5 Å². The molecule has 1 N–H and O–H groups in total. The number of nitrogens with zero attached hydrogens (tertiary/aromatic N) is 2. The van der Waals surface area contributed by atoms with E-state index in [1.165, 1.54) is 6.26 Å². The van der Waals surface area contributed by atoms with Crippen LogP contribution in [0.3, 0.4) is 0 Å². The number of aromatic nitrogens is 2. The van der Waals surface area contributed by atoms with Crippen molar-refractivity contribution in [2.45, 2.75) is 0 Å². The van der Waals surface area contributed by atoms with Crippen LogP contribution >= 0.6 is 0 Å². The van der Waals surface area contributed by atoms with Gasteiger partial charge in [-0.25, -0.2) is 0 Å². The number of furan rings is 1. The normalized spacial score (nSPS) is 10.6. The smallest absolute Gasteiger partial charge is 0.291 e. The van der Waals surface area contributed by atoms with E-state index in [0.29, 0.717) is 22.9 Å². The first-order chi connectivity index (χ1) is 13.2.